The normalized spacial score (nSPS) is 14.0. The third kappa shape index (κ3) is 11.9. The van der Waals surface area contributed by atoms with E-state index in [1.807, 2.05) is 49.1 Å². The molecule has 1 aliphatic carbocycles. The van der Waals surface area contributed by atoms with Crippen molar-refractivity contribution in [3.63, 3.8) is 0 Å². The van der Waals surface area contributed by atoms with Crippen molar-refractivity contribution in [1.29, 1.82) is 0 Å². The van der Waals surface area contributed by atoms with E-state index >= 15 is 0 Å². The van der Waals surface area contributed by atoms with Gasteiger partial charge < -0.3 is 42.3 Å². The Morgan fingerprint density at radius 2 is 1.70 bits per heavy atom. The van der Waals surface area contributed by atoms with Gasteiger partial charge in [0, 0.05) is 61.0 Å². The predicted molar refractivity (Wildman–Crippen MR) is 173 cm³/mol. The number of rotatable bonds is 8. The SMILES string of the molecule is CC.CCCN.COc1ccc(NCCNC2CCCCC2)c2c1CCN(C(=O)Nc1ccc(S)cc1)C2.O.O.[HH]. The third-order valence-electron chi connectivity index (χ3n) is 6.76. The molecule has 2 amide bonds. The van der Waals surface area contributed by atoms with E-state index < -0.39 is 0 Å². The van der Waals surface area contributed by atoms with Crippen LogP contribution in [0.4, 0.5) is 16.2 Å². The Morgan fingerprint density at radius 1 is 1.05 bits per heavy atom. The molecular formula is C30H55N5O4S. The van der Waals surface area contributed by atoms with Gasteiger partial charge in [0.1, 0.15) is 5.75 Å². The van der Waals surface area contributed by atoms with Gasteiger partial charge in [-0.25, -0.2) is 4.79 Å². The van der Waals surface area contributed by atoms with Crippen LogP contribution in [-0.4, -0.2) is 61.2 Å². The van der Waals surface area contributed by atoms with Crippen molar-refractivity contribution in [3.8, 4) is 5.75 Å². The van der Waals surface area contributed by atoms with Crippen molar-refractivity contribution in [2.45, 2.75) is 83.2 Å². The molecule has 0 bridgehead atoms. The number of ether oxygens (including phenoxy) is 1. The van der Waals surface area contributed by atoms with E-state index in [-0.39, 0.29) is 18.4 Å². The Bertz CT molecular complexity index is 961. The molecule has 0 radical (unpaired) electrons. The van der Waals surface area contributed by atoms with Crippen LogP contribution < -0.4 is 26.4 Å². The summed E-state index contributed by atoms with van der Waals surface area (Å²) in [5.74, 6) is 0.898. The average Bonchev–Trinajstić information content (AvgIpc) is 2.97. The summed E-state index contributed by atoms with van der Waals surface area (Å²) in [6.07, 6.45) is 8.51. The van der Waals surface area contributed by atoms with Crippen LogP contribution in [0.5, 0.6) is 5.75 Å². The van der Waals surface area contributed by atoms with Gasteiger partial charge >= 0.3 is 6.03 Å². The number of carbonyl (C=O) groups is 1. The number of thiol groups is 1. The molecule has 2 aromatic carbocycles. The maximum Gasteiger partial charge on any atom is 0.322 e. The number of benzene rings is 2. The van der Waals surface area contributed by atoms with E-state index in [4.69, 9.17) is 10.5 Å². The van der Waals surface area contributed by atoms with Crippen LogP contribution in [0.1, 0.15) is 71.8 Å². The molecule has 0 unspecified atom stereocenters. The fraction of sp³-hybridized carbons (Fsp3) is 0.567. The monoisotopic (exact) mass is 581 g/mol. The van der Waals surface area contributed by atoms with Crippen molar-refractivity contribution in [2.75, 3.05) is 43.9 Å². The van der Waals surface area contributed by atoms with Gasteiger partial charge in [0.2, 0.25) is 0 Å². The lowest BCUT2D eigenvalue weighted by molar-refractivity contribution is 0.206. The molecule has 0 aromatic heterocycles. The Hall–Kier alpha value is -2.50. The molecule has 1 fully saturated rings. The Labute approximate surface area is 248 Å². The Morgan fingerprint density at radius 3 is 2.30 bits per heavy atom. The summed E-state index contributed by atoms with van der Waals surface area (Å²) in [6.45, 7) is 9.89. The molecule has 2 aromatic rings. The van der Waals surface area contributed by atoms with Crippen LogP contribution in [-0.2, 0) is 13.0 Å². The van der Waals surface area contributed by atoms with Gasteiger partial charge in [0.15, 0.2) is 0 Å². The van der Waals surface area contributed by atoms with Crippen LogP contribution in [0.25, 0.3) is 0 Å². The van der Waals surface area contributed by atoms with E-state index in [1.165, 1.54) is 37.7 Å². The third-order valence-corrected chi connectivity index (χ3v) is 7.06. The van der Waals surface area contributed by atoms with Gasteiger partial charge in [-0.15, -0.1) is 12.6 Å². The molecule has 230 valence electrons. The number of nitrogens with two attached hydrogens (primary N) is 1. The molecule has 0 atom stereocenters. The summed E-state index contributed by atoms with van der Waals surface area (Å²) in [7, 11) is 1.71. The summed E-state index contributed by atoms with van der Waals surface area (Å²) >= 11 is 4.30. The Balaban J connectivity index is 0. The second-order valence-corrected chi connectivity index (χ2v) is 9.94. The second-order valence-electron chi connectivity index (χ2n) is 9.43. The van der Waals surface area contributed by atoms with Crippen LogP contribution in [0.15, 0.2) is 41.3 Å². The molecular weight excluding hydrogens is 526 g/mol. The minimum atomic E-state index is -0.0877. The van der Waals surface area contributed by atoms with E-state index in [2.05, 4.69) is 41.6 Å². The summed E-state index contributed by atoms with van der Waals surface area (Å²) in [5.41, 5.74) is 9.23. The van der Waals surface area contributed by atoms with Crippen molar-refractivity contribution in [2.24, 2.45) is 5.73 Å². The zero-order valence-corrected chi connectivity index (χ0v) is 25.7. The van der Waals surface area contributed by atoms with Gasteiger partial charge in [-0.2, -0.15) is 0 Å². The van der Waals surface area contributed by atoms with Crippen LogP contribution in [0, 0.1) is 0 Å². The van der Waals surface area contributed by atoms with Crippen LogP contribution in [0.3, 0.4) is 0 Å². The zero-order chi connectivity index (χ0) is 27.8. The molecule has 9 N–H and O–H groups in total. The fourth-order valence-electron chi connectivity index (χ4n) is 4.70. The van der Waals surface area contributed by atoms with E-state index in [9.17, 15) is 4.79 Å². The van der Waals surface area contributed by atoms with Gasteiger partial charge in [-0.05, 0) is 68.6 Å². The van der Waals surface area contributed by atoms with Crippen molar-refractivity contribution >= 4 is 30.0 Å². The summed E-state index contributed by atoms with van der Waals surface area (Å²) in [5, 5.41) is 10.3. The second kappa shape index (κ2) is 21.3. The first-order chi connectivity index (χ1) is 18.5. The number of hydrogen-bond donors (Lipinski definition) is 5. The summed E-state index contributed by atoms with van der Waals surface area (Å²) in [6, 6.07) is 12.2. The number of carbonyl (C=O) groups excluding carboxylic acids is 1. The number of anilines is 2. The number of nitrogens with zero attached hydrogens (tertiary/aromatic N) is 1. The Kier molecular flexibility index (Phi) is 19.9. The number of amides is 2. The highest BCUT2D eigenvalue weighted by Crippen LogP contribution is 2.33. The van der Waals surface area contributed by atoms with E-state index in [0.29, 0.717) is 19.1 Å². The zero-order valence-electron chi connectivity index (χ0n) is 24.8. The number of methoxy groups -OCH3 is 1. The molecule has 4 rings (SSSR count). The first-order valence-electron chi connectivity index (χ1n) is 14.3. The lowest BCUT2D eigenvalue weighted by Gasteiger charge is -2.31. The minimum Gasteiger partial charge on any atom is -0.496 e. The molecule has 0 spiro atoms. The topological polar surface area (TPSA) is 155 Å². The first kappa shape index (κ1) is 37.5. The van der Waals surface area contributed by atoms with Gasteiger partial charge in [-0.1, -0.05) is 40.0 Å². The molecule has 1 saturated carbocycles. The molecule has 2 aliphatic rings. The number of fused-ring (bicyclic) bond motifs is 1. The van der Waals surface area contributed by atoms with Gasteiger partial charge in [-0.3, -0.25) is 0 Å². The smallest absolute Gasteiger partial charge is 0.322 e. The van der Waals surface area contributed by atoms with E-state index in [0.717, 1.165) is 60.1 Å². The fourth-order valence-corrected chi connectivity index (χ4v) is 4.85. The average molecular weight is 582 g/mol. The van der Waals surface area contributed by atoms with Crippen molar-refractivity contribution in [1.82, 2.24) is 10.2 Å². The molecule has 9 nitrogen and oxygen atoms in total. The van der Waals surface area contributed by atoms with Crippen LogP contribution >= 0.6 is 12.6 Å². The summed E-state index contributed by atoms with van der Waals surface area (Å²) in [4.78, 5) is 15.6. The maximum atomic E-state index is 12.9. The summed E-state index contributed by atoms with van der Waals surface area (Å²) < 4.78 is 5.61. The van der Waals surface area contributed by atoms with Gasteiger partial charge in [0.25, 0.3) is 0 Å². The standard InChI is InChI=1S/C25H34N4O2S.C3H9N.C2H6.2H2O.H2/c1-31-24-12-11-23(27-15-14-26-18-5-3-2-4-6-18)22-17-29(16-13-21(22)24)25(30)28-19-7-9-20(32)10-8-19;1-2-3-4;1-2;;;/h7-12,18,26-27,32H,2-6,13-17H2,1H3,(H,28,30);2-4H2,1H3;1-2H3;2*1H2;1H. The largest absolute Gasteiger partial charge is 0.496 e. The molecule has 40 heavy (non-hydrogen) atoms. The quantitative estimate of drug-likeness (QED) is 0.222. The highest BCUT2D eigenvalue weighted by Gasteiger charge is 2.25. The minimum absolute atomic E-state index is 0. The number of hydrogen-bond acceptors (Lipinski definition) is 6. The molecule has 1 aliphatic heterocycles. The molecule has 0 saturated heterocycles. The van der Waals surface area contributed by atoms with Crippen molar-refractivity contribution in [3.05, 3.63) is 47.5 Å². The molecule has 1 heterocycles. The van der Waals surface area contributed by atoms with Gasteiger partial charge in [0.05, 0.1) is 7.11 Å². The first-order valence-corrected chi connectivity index (χ1v) is 14.7. The van der Waals surface area contributed by atoms with Crippen molar-refractivity contribution < 1.29 is 21.9 Å². The van der Waals surface area contributed by atoms with E-state index in [1.54, 1.807) is 7.11 Å². The number of urea groups is 1. The lowest BCUT2D eigenvalue weighted by Crippen LogP contribution is -2.39. The maximum absolute atomic E-state index is 12.9. The highest BCUT2D eigenvalue weighted by atomic mass is 32.1. The lowest BCUT2D eigenvalue weighted by atomic mass is 9.95. The highest BCUT2D eigenvalue weighted by molar-refractivity contribution is 7.80. The van der Waals surface area contributed by atoms with Crippen LogP contribution in [0.2, 0.25) is 0 Å². The number of nitrogens with one attached hydrogen (secondary N) is 3. The molecule has 10 heteroatoms. The predicted octanol–water partition coefficient (Wildman–Crippen LogP) is 4.89.